The van der Waals surface area contributed by atoms with Gasteiger partial charge in [-0.2, -0.15) is 0 Å². The second kappa shape index (κ2) is 9.93. The van der Waals surface area contributed by atoms with Crippen LogP contribution in [0.5, 0.6) is 0 Å². The number of benzene rings is 2. The molecule has 0 aliphatic carbocycles. The molecule has 0 saturated carbocycles. The van der Waals surface area contributed by atoms with Gasteiger partial charge < -0.3 is 20.5 Å². The summed E-state index contributed by atoms with van der Waals surface area (Å²) in [5.41, 5.74) is 1.88. The maximum atomic E-state index is 11.9. The fraction of sp³-hybridized carbons (Fsp3) is 0.278. The van der Waals surface area contributed by atoms with E-state index in [0.29, 0.717) is 24.8 Å². The normalized spacial score (nSPS) is 11.8. The van der Waals surface area contributed by atoms with Crippen LogP contribution in [0.1, 0.15) is 17.2 Å². The van der Waals surface area contributed by atoms with Gasteiger partial charge in [0.25, 0.3) is 0 Å². The molecule has 6 heteroatoms. The average molecular weight is 349 g/mol. The molecule has 0 radical (unpaired) electrons. The van der Waals surface area contributed by atoms with Gasteiger partial charge in [0.05, 0.1) is 25.9 Å². The van der Waals surface area contributed by atoms with Gasteiger partial charge in [-0.3, -0.25) is 0 Å². The van der Waals surface area contributed by atoms with Crippen molar-refractivity contribution in [1.82, 2.24) is 10.6 Å². The summed E-state index contributed by atoms with van der Waals surface area (Å²) >= 11 is 5.83. The van der Waals surface area contributed by atoms with Crippen molar-refractivity contribution < 1.29 is 14.6 Å². The van der Waals surface area contributed by atoms with Crippen molar-refractivity contribution in [1.29, 1.82) is 0 Å². The quantitative estimate of drug-likeness (QED) is 0.642. The van der Waals surface area contributed by atoms with Crippen molar-refractivity contribution >= 4 is 17.6 Å². The first-order valence-electron chi connectivity index (χ1n) is 7.71. The van der Waals surface area contributed by atoms with E-state index in [1.807, 2.05) is 30.3 Å². The third kappa shape index (κ3) is 6.20. The molecule has 5 nitrogen and oxygen atoms in total. The zero-order chi connectivity index (χ0) is 17.2. The average Bonchev–Trinajstić information content (AvgIpc) is 2.61. The van der Waals surface area contributed by atoms with Crippen LogP contribution in [-0.2, 0) is 11.3 Å². The topological polar surface area (TPSA) is 70.6 Å². The summed E-state index contributed by atoms with van der Waals surface area (Å²) < 4.78 is 5.49. The van der Waals surface area contributed by atoms with Crippen LogP contribution in [0.3, 0.4) is 0 Å². The molecular formula is C18H21ClN2O3. The van der Waals surface area contributed by atoms with Gasteiger partial charge in [0.2, 0.25) is 0 Å². The van der Waals surface area contributed by atoms with Gasteiger partial charge in [-0.25, -0.2) is 4.79 Å². The highest BCUT2D eigenvalue weighted by Crippen LogP contribution is 2.16. The van der Waals surface area contributed by atoms with Crippen molar-refractivity contribution in [2.45, 2.75) is 12.6 Å². The molecule has 128 valence electrons. The molecule has 1 unspecified atom stereocenters. The number of carbonyl (C=O) groups excluding carboxylic acids is 1. The first-order chi connectivity index (χ1) is 11.7. The van der Waals surface area contributed by atoms with Gasteiger partial charge in [0.1, 0.15) is 0 Å². The lowest BCUT2D eigenvalue weighted by Gasteiger charge is -2.17. The second-order valence-corrected chi connectivity index (χ2v) is 5.66. The zero-order valence-electron chi connectivity index (χ0n) is 13.2. The molecule has 0 spiro atoms. The van der Waals surface area contributed by atoms with Crippen LogP contribution < -0.4 is 10.6 Å². The van der Waals surface area contributed by atoms with Gasteiger partial charge in [-0.05, 0) is 23.3 Å². The molecule has 0 bridgehead atoms. The Morgan fingerprint density at radius 2 is 1.83 bits per heavy atom. The van der Waals surface area contributed by atoms with Gasteiger partial charge >= 0.3 is 6.03 Å². The molecular weight excluding hydrogens is 328 g/mol. The Kier molecular flexibility index (Phi) is 7.55. The second-order valence-electron chi connectivity index (χ2n) is 5.23. The van der Waals surface area contributed by atoms with Crippen LogP contribution in [0.2, 0.25) is 5.02 Å². The number of amides is 2. The van der Waals surface area contributed by atoms with Crippen molar-refractivity contribution in [3.63, 3.8) is 0 Å². The number of rotatable bonds is 8. The third-order valence-corrected chi connectivity index (χ3v) is 3.66. The molecule has 0 saturated heterocycles. The number of aliphatic hydroxyl groups excluding tert-OH is 1. The number of nitrogens with one attached hydrogen (secondary N) is 2. The van der Waals surface area contributed by atoms with Crippen LogP contribution in [0.15, 0.2) is 54.6 Å². The molecule has 2 rings (SSSR count). The highest BCUT2D eigenvalue weighted by Gasteiger charge is 2.13. The lowest BCUT2D eigenvalue weighted by molar-refractivity contribution is 0.123. The Hall–Kier alpha value is -2.08. The van der Waals surface area contributed by atoms with Gasteiger partial charge in [0, 0.05) is 11.6 Å². The molecule has 0 heterocycles. The SMILES string of the molecule is O=C(NCCOCc1ccccc1)NC(CO)c1ccc(Cl)cc1. The summed E-state index contributed by atoms with van der Waals surface area (Å²) in [5.74, 6) is 0. The van der Waals surface area contributed by atoms with E-state index >= 15 is 0 Å². The maximum Gasteiger partial charge on any atom is 0.315 e. The van der Waals surface area contributed by atoms with E-state index < -0.39 is 6.04 Å². The molecule has 1 atom stereocenters. The van der Waals surface area contributed by atoms with Crippen molar-refractivity contribution in [3.05, 3.63) is 70.7 Å². The van der Waals surface area contributed by atoms with Crippen LogP contribution in [0.25, 0.3) is 0 Å². The van der Waals surface area contributed by atoms with E-state index in [9.17, 15) is 9.90 Å². The summed E-state index contributed by atoms with van der Waals surface area (Å²) in [5, 5.41) is 15.5. The van der Waals surface area contributed by atoms with Crippen LogP contribution >= 0.6 is 11.6 Å². The Bertz CT molecular complexity index is 620. The smallest absolute Gasteiger partial charge is 0.315 e. The fourth-order valence-electron chi connectivity index (χ4n) is 2.14. The van der Waals surface area contributed by atoms with E-state index in [4.69, 9.17) is 16.3 Å². The number of hydrogen-bond donors (Lipinski definition) is 3. The van der Waals surface area contributed by atoms with Crippen LogP contribution in [-0.4, -0.2) is 30.9 Å². The van der Waals surface area contributed by atoms with Gasteiger partial charge in [-0.1, -0.05) is 54.1 Å². The number of carbonyl (C=O) groups is 1. The van der Waals surface area contributed by atoms with Crippen molar-refractivity contribution in [3.8, 4) is 0 Å². The molecule has 2 amide bonds. The zero-order valence-corrected chi connectivity index (χ0v) is 14.0. The van der Waals surface area contributed by atoms with E-state index in [-0.39, 0.29) is 12.6 Å². The van der Waals surface area contributed by atoms with Crippen molar-refractivity contribution in [2.24, 2.45) is 0 Å². The molecule has 2 aromatic rings. The standard InChI is InChI=1S/C18H21ClN2O3/c19-16-8-6-15(7-9-16)17(12-22)21-18(23)20-10-11-24-13-14-4-2-1-3-5-14/h1-9,17,22H,10-13H2,(H2,20,21,23). The lowest BCUT2D eigenvalue weighted by atomic mass is 10.1. The molecule has 3 N–H and O–H groups in total. The molecule has 0 aliphatic rings. The summed E-state index contributed by atoms with van der Waals surface area (Å²) in [4.78, 5) is 11.9. The Balaban J connectivity index is 1.67. The summed E-state index contributed by atoms with van der Waals surface area (Å²) in [6.45, 7) is 1.11. The highest BCUT2D eigenvalue weighted by atomic mass is 35.5. The minimum atomic E-state index is -0.479. The van der Waals surface area contributed by atoms with E-state index in [1.165, 1.54) is 0 Å². The largest absolute Gasteiger partial charge is 0.394 e. The molecule has 0 aromatic heterocycles. The lowest BCUT2D eigenvalue weighted by Crippen LogP contribution is -2.40. The first-order valence-corrected chi connectivity index (χ1v) is 8.09. The molecule has 2 aromatic carbocycles. The highest BCUT2D eigenvalue weighted by molar-refractivity contribution is 6.30. The number of hydrogen-bond acceptors (Lipinski definition) is 3. The Morgan fingerprint density at radius 1 is 1.12 bits per heavy atom. The number of halogens is 1. The number of urea groups is 1. The Morgan fingerprint density at radius 3 is 2.50 bits per heavy atom. The van der Waals surface area contributed by atoms with Crippen LogP contribution in [0, 0.1) is 0 Å². The third-order valence-electron chi connectivity index (χ3n) is 3.40. The van der Waals surface area contributed by atoms with Gasteiger partial charge in [-0.15, -0.1) is 0 Å². The molecule has 24 heavy (non-hydrogen) atoms. The maximum absolute atomic E-state index is 11.9. The van der Waals surface area contributed by atoms with Crippen molar-refractivity contribution in [2.75, 3.05) is 19.8 Å². The van der Waals surface area contributed by atoms with Crippen LogP contribution in [0.4, 0.5) is 4.79 Å². The van der Waals surface area contributed by atoms with E-state index in [0.717, 1.165) is 11.1 Å². The number of ether oxygens (including phenoxy) is 1. The summed E-state index contributed by atoms with van der Waals surface area (Å²) in [7, 11) is 0. The van der Waals surface area contributed by atoms with Gasteiger partial charge in [0.15, 0.2) is 0 Å². The molecule has 0 aliphatic heterocycles. The number of aliphatic hydroxyl groups is 1. The first kappa shape index (κ1) is 18.3. The van der Waals surface area contributed by atoms with E-state index in [1.54, 1.807) is 24.3 Å². The monoisotopic (exact) mass is 348 g/mol. The Labute approximate surface area is 146 Å². The fourth-order valence-corrected chi connectivity index (χ4v) is 2.27. The minimum absolute atomic E-state index is 0.195. The summed E-state index contributed by atoms with van der Waals surface area (Å²) in [6, 6.07) is 16.0. The molecule has 0 fully saturated rings. The summed E-state index contributed by atoms with van der Waals surface area (Å²) in [6.07, 6.45) is 0. The minimum Gasteiger partial charge on any atom is -0.394 e. The van der Waals surface area contributed by atoms with E-state index in [2.05, 4.69) is 10.6 Å². The predicted octanol–water partition coefficient (Wildman–Crippen LogP) is 2.89. The predicted molar refractivity (Wildman–Crippen MR) is 93.9 cm³/mol.